The average molecular weight is 306 g/mol. The zero-order chi connectivity index (χ0) is 15.7. The maximum atomic E-state index is 13.0. The van der Waals surface area contributed by atoms with Crippen molar-refractivity contribution >= 4 is 5.91 Å². The summed E-state index contributed by atoms with van der Waals surface area (Å²) < 4.78 is 19.0. The van der Waals surface area contributed by atoms with Gasteiger partial charge >= 0.3 is 0 Å². The largest absolute Gasteiger partial charge is 0.363 e. The van der Waals surface area contributed by atoms with Crippen LogP contribution in [-0.4, -0.2) is 54.6 Å². The van der Waals surface area contributed by atoms with Crippen LogP contribution in [-0.2, 0) is 16.1 Å². The molecule has 1 amide bonds. The van der Waals surface area contributed by atoms with Crippen molar-refractivity contribution in [3.63, 3.8) is 0 Å². The smallest absolute Gasteiger partial charge is 0.251 e. The molecule has 0 spiro atoms. The van der Waals surface area contributed by atoms with Crippen LogP contribution >= 0.6 is 0 Å². The standard InChI is InChI=1S/C17H23FN2O2/c1-19(2)17(21)16-8-7-14-15(22-16)9-10-20(14)11-12-3-5-13(18)6-4-12/h3-6,14-16H,7-11H2,1-2H3/t14-,15-,16-/m1/s1. The number of carbonyl (C=O) groups is 1. The summed E-state index contributed by atoms with van der Waals surface area (Å²) in [5, 5.41) is 0. The van der Waals surface area contributed by atoms with Crippen LogP contribution < -0.4 is 0 Å². The van der Waals surface area contributed by atoms with Crippen LogP contribution in [0.4, 0.5) is 4.39 Å². The Morgan fingerprint density at radius 2 is 2.00 bits per heavy atom. The fraction of sp³-hybridized carbons (Fsp3) is 0.588. The van der Waals surface area contributed by atoms with Crippen molar-refractivity contribution in [2.24, 2.45) is 0 Å². The number of carbonyl (C=O) groups excluding carboxylic acids is 1. The Kier molecular flexibility index (Phi) is 4.45. The molecule has 2 aliphatic rings. The van der Waals surface area contributed by atoms with Gasteiger partial charge in [0, 0.05) is 33.2 Å². The number of halogens is 1. The quantitative estimate of drug-likeness (QED) is 0.857. The first-order chi connectivity index (χ1) is 10.5. The van der Waals surface area contributed by atoms with Crippen molar-refractivity contribution in [1.82, 2.24) is 9.80 Å². The summed E-state index contributed by atoms with van der Waals surface area (Å²) in [6.07, 6.45) is 2.57. The summed E-state index contributed by atoms with van der Waals surface area (Å²) in [6.45, 7) is 1.78. The number of likely N-dealkylation sites (tertiary alicyclic amines) is 1. The molecule has 0 radical (unpaired) electrons. The predicted molar refractivity (Wildman–Crippen MR) is 81.8 cm³/mol. The number of hydrogen-bond acceptors (Lipinski definition) is 3. The number of ether oxygens (including phenoxy) is 1. The normalized spacial score (nSPS) is 28.4. The first-order valence-corrected chi connectivity index (χ1v) is 7.89. The van der Waals surface area contributed by atoms with Gasteiger partial charge in [0.2, 0.25) is 0 Å². The van der Waals surface area contributed by atoms with Crippen LogP contribution in [0.3, 0.4) is 0 Å². The van der Waals surface area contributed by atoms with Crippen molar-refractivity contribution < 1.29 is 13.9 Å². The van der Waals surface area contributed by atoms with E-state index in [9.17, 15) is 9.18 Å². The van der Waals surface area contributed by atoms with Gasteiger partial charge in [0.15, 0.2) is 0 Å². The molecule has 1 aromatic carbocycles. The number of rotatable bonds is 3. The summed E-state index contributed by atoms with van der Waals surface area (Å²) in [5.41, 5.74) is 1.12. The van der Waals surface area contributed by atoms with Gasteiger partial charge in [-0.15, -0.1) is 0 Å². The molecular weight excluding hydrogens is 283 g/mol. The SMILES string of the molecule is CN(C)C(=O)[C@H]1CC[C@@H]2[C@@H](CCN2Cc2ccc(F)cc2)O1. The van der Waals surface area contributed by atoms with E-state index in [-0.39, 0.29) is 23.9 Å². The van der Waals surface area contributed by atoms with Crippen LogP contribution in [0.15, 0.2) is 24.3 Å². The molecule has 2 saturated heterocycles. The Bertz CT molecular complexity index is 532. The highest BCUT2D eigenvalue weighted by Gasteiger charge is 2.41. The molecule has 0 unspecified atom stereocenters. The van der Waals surface area contributed by atoms with Gasteiger partial charge in [-0.3, -0.25) is 9.69 Å². The maximum Gasteiger partial charge on any atom is 0.251 e. The molecule has 3 atom stereocenters. The monoisotopic (exact) mass is 306 g/mol. The lowest BCUT2D eigenvalue weighted by Gasteiger charge is -2.36. The molecule has 2 heterocycles. The summed E-state index contributed by atoms with van der Waals surface area (Å²) in [5.74, 6) is -0.135. The van der Waals surface area contributed by atoms with Crippen LogP contribution in [0.5, 0.6) is 0 Å². The molecule has 0 bridgehead atoms. The number of likely N-dealkylation sites (N-methyl/N-ethyl adjacent to an activating group) is 1. The van der Waals surface area contributed by atoms with E-state index in [0.29, 0.717) is 6.04 Å². The Morgan fingerprint density at radius 1 is 1.27 bits per heavy atom. The first-order valence-electron chi connectivity index (χ1n) is 7.89. The minimum Gasteiger partial charge on any atom is -0.363 e. The van der Waals surface area contributed by atoms with Crippen LogP contribution in [0.2, 0.25) is 0 Å². The van der Waals surface area contributed by atoms with E-state index in [0.717, 1.165) is 37.9 Å². The summed E-state index contributed by atoms with van der Waals surface area (Å²) in [6, 6.07) is 7.06. The fourth-order valence-electron chi connectivity index (χ4n) is 3.51. The highest BCUT2D eigenvalue weighted by Crippen LogP contribution is 2.32. The molecule has 2 fully saturated rings. The molecule has 5 heteroatoms. The highest BCUT2D eigenvalue weighted by molar-refractivity contribution is 5.80. The predicted octanol–water partition coefficient (Wildman–Crippen LogP) is 2.04. The van der Waals surface area contributed by atoms with Gasteiger partial charge in [0.1, 0.15) is 11.9 Å². The third-order valence-corrected chi connectivity index (χ3v) is 4.68. The van der Waals surface area contributed by atoms with Gasteiger partial charge in [-0.2, -0.15) is 0 Å². The molecule has 120 valence electrons. The van der Waals surface area contributed by atoms with E-state index in [1.165, 1.54) is 12.1 Å². The maximum absolute atomic E-state index is 13.0. The lowest BCUT2D eigenvalue weighted by atomic mass is 9.98. The fourth-order valence-corrected chi connectivity index (χ4v) is 3.51. The van der Waals surface area contributed by atoms with E-state index in [1.807, 2.05) is 12.1 Å². The second-order valence-electron chi connectivity index (χ2n) is 6.43. The number of fused-ring (bicyclic) bond motifs is 1. The van der Waals surface area contributed by atoms with E-state index in [2.05, 4.69) is 4.90 Å². The minimum absolute atomic E-state index is 0.0652. The molecule has 4 nitrogen and oxygen atoms in total. The third-order valence-electron chi connectivity index (χ3n) is 4.68. The Hall–Kier alpha value is -1.46. The van der Waals surface area contributed by atoms with Crippen molar-refractivity contribution in [2.45, 2.75) is 44.1 Å². The molecule has 0 saturated carbocycles. The molecule has 3 rings (SSSR count). The Morgan fingerprint density at radius 3 is 2.68 bits per heavy atom. The van der Waals surface area contributed by atoms with Crippen molar-refractivity contribution in [1.29, 1.82) is 0 Å². The van der Waals surface area contributed by atoms with Crippen LogP contribution in [0.25, 0.3) is 0 Å². The molecular formula is C17H23FN2O2. The zero-order valence-corrected chi connectivity index (χ0v) is 13.2. The molecule has 1 aromatic rings. The van der Waals surface area contributed by atoms with Gasteiger partial charge in [-0.25, -0.2) is 4.39 Å². The van der Waals surface area contributed by atoms with Gasteiger partial charge in [0.25, 0.3) is 5.91 Å². The average Bonchev–Trinajstić information content (AvgIpc) is 2.91. The molecule has 0 aromatic heterocycles. The third kappa shape index (κ3) is 3.15. The number of benzene rings is 1. The highest BCUT2D eigenvalue weighted by atomic mass is 19.1. The minimum atomic E-state index is -0.290. The summed E-state index contributed by atoms with van der Waals surface area (Å²) in [4.78, 5) is 16.0. The van der Waals surface area contributed by atoms with E-state index >= 15 is 0 Å². The van der Waals surface area contributed by atoms with Crippen molar-refractivity contribution in [2.75, 3.05) is 20.6 Å². The Labute approximate surface area is 130 Å². The summed E-state index contributed by atoms with van der Waals surface area (Å²) >= 11 is 0. The summed E-state index contributed by atoms with van der Waals surface area (Å²) in [7, 11) is 3.54. The Balaban J connectivity index is 1.60. The first kappa shape index (κ1) is 15.4. The van der Waals surface area contributed by atoms with Crippen molar-refractivity contribution in [3.8, 4) is 0 Å². The number of nitrogens with zero attached hydrogens (tertiary/aromatic N) is 2. The lowest BCUT2D eigenvalue weighted by Crippen LogP contribution is -2.47. The van der Waals surface area contributed by atoms with E-state index < -0.39 is 0 Å². The number of hydrogen-bond donors (Lipinski definition) is 0. The van der Waals surface area contributed by atoms with Gasteiger partial charge in [-0.1, -0.05) is 12.1 Å². The van der Waals surface area contributed by atoms with E-state index in [4.69, 9.17) is 4.74 Å². The van der Waals surface area contributed by atoms with Crippen molar-refractivity contribution in [3.05, 3.63) is 35.6 Å². The van der Waals surface area contributed by atoms with Crippen LogP contribution in [0.1, 0.15) is 24.8 Å². The number of amides is 1. The second kappa shape index (κ2) is 6.34. The zero-order valence-electron chi connectivity index (χ0n) is 13.2. The molecule has 0 N–H and O–H groups in total. The molecule has 0 aliphatic carbocycles. The van der Waals surface area contributed by atoms with E-state index in [1.54, 1.807) is 19.0 Å². The van der Waals surface area contributed by atoms with Gasteiger partial charge in [0.05, 0.1) is 6.10 Å². The van der Waals surface area contributed by atoms with Gasteiger partial charge in [-0.05, 0) is 37.0 Å². The lowest BCUT2D eigenvalue weighted by molar-refractivity contribution is -0.152. The van der Waals surface area contributed by atoms with Crippen LogP contribution in [0, 0.1) is 5.82 Å². The second-order valence-corrected chi connectivity index (χ2v) is 6.43. The topological polar surface area (TPSA) is 32.8 Å². The molecule has 2 aliphatic heterocycles. The molecule has 22 heavy (non-hydrogen) atoms. The van der Waals surface area contributed by atoms with Gasteiger partial charge < -0.3 is 9.64 Å².